The third-order valence-electron chi connectivity index (χ3n) is 7.91. The molecule has 0 aliphatic carbocycles. The number of fused-ring (bicyclic) bond motifs is 2. The number of aryl methyl sites for hydroxylation is 1. The molecule has 0 bridgehead atoms. The van der Waals surface area contributed by atoms with Crippen LogP contribution in [0.25, 0.3) is 11.6 Å². The number of amides is 3. The van der Waals surface area contributed by atoms with E-state index >= 15 is 0 Å². The molecule has 0 spiro atoms. The van der Waals surface area contributed by atoms with Gasteiger partial charge in [0.25, 0.3) is 17.7 Å². The van der Waals surface area contributed by atoms with Gasteiger partial charge >= 0.3 is 0 Å². The van der Waals surface area contributed by atoms with Crippen LogP contribution in [0, 0.1) is 13.8 Å². The number of ether oxygens (including phenoxy) is 1. The quantitative estimate of drug-likeness (QED) is 0.228. The molecule has 2 aliphatic rings. The van der Waals surface area contributed by atoms with Crippen molar-refractivity contribution < 1.29 is 19.1 Å². The second-order valence-electron chi connectivity index (χ2n) is 10.8. The number of benzene rings is 3. The average molecular weight is 561 g/mol. The van der Waals surface area contributed by atoms with Crippen molar-refractivity contribution in [3.8, 4) is 5.75 Å². The van der Waals surface area contributed by atoms with E-state index in [2.05, 4.69) is 20.9 Å². The summed E-state index contributed by atoms with van der Waals surface area (Å²) in [6.45, 7) is 6.01. The van der Waals surface area contributed by atoms with Gasteiger partial charge in [0.15, 0.2) is 0 Å². The summed E-state index contributed by atoms with van der Waals surface area (Å²) < 4.78 is 5.96. The van der Waals surface area contributed by atoms with Crippen LogP contribution in [0.4, 0.5) is 5.69 Å². The Bertz CT molecular complexity index is 1710. The van der Waals surface area contributed by atoms with Crippen LogP contribution in [-0.2, 0) is 11.2 Å². The maximum absolute atomic E-state index is 13.2. The number of aromatic amines is 1. The van der Waals surface area contributed by atoms with Gasteiger partial charge in [0, 0.05) is 34.6 Å². The molecule has 4 N–H and O–H groups in total. The Morgan fingerprint density at radius 3 is 2.57 bits per heavy atom. The van der Waals surface area contributed by atoms with E-state index in [0.717, 1.165) is 28.9 Å². The van der Waals surface area contributed by atoms with E-state index in [1.165, 1.54) is 0 Å². The van der Waals surface area contributed by atoms with Crippen molar-refractivity contribution in [3.63, 3.8) is 0 Å². The van der Waals surface area contributed by atoms with Crippen LogP contribution in [0.3, 0.4) is 0 Å². The smallest absolute Gasteiger partial charge is 0.256 e. The molecule has 3 heterocycles. The van der Waals surface area contributed by atoms with Crippen molar-refractivity contribution in [3.05, 3.63) is 118 Å². The molecule has 2 atom stereocenters. The number of hydrogen-bond donors (Lipinski definition) is 4. The lowest BCUT2D eigenvalue weighted by Gasteiger charge is -2.14. The first-order valence-electron chi connectivity index (χ1n) is 14.0. The summed E-state index contributed by atoms with van der Waals surface area (Å²) in [5, 5.41) is 8.91. The molecule has 2 unspecified atom stereocenters. The number of hydrogen-bond acceptors (Lipinski definition) is 4. The largest absolute Gasteiger partial charge is 0.488 e. The second kappa shape index (κ2) is 11.0. The number of rotatable bonds is 7. The molecule has 0 radical (unpaired) electrons. The highest BCUT2D eigenvalue weighted by molar-refractivity contribution is 6.35. The number of H-pyrrole nitrogens is 1. The van der Waals surface area contributed by atoms with Crippen molar-refractivity contribution in [1.82, 2.24) is 15.6 Å². The van der Waals surface area contributed by atoms with Crippen LogP contribution >= 0.6 is 0 Å². The number of nitrogens with one attached hydrogen (secondary N) is 4. The Morgan fingerprint density at radius 2 is 1.79 bits per heavy atom. The van der Waals surface area contributed by atoms with Crippen molar-refractivity contribution in [2.24, 2.45) is 0 Å². The second-order valence-corrected chi connectivity index (χ2v) is 10.8. The molecule has 0 fully saturated rings. The van der Waals surface area contributed by atoms with Crippen LogP contribution in [0.5, 0.6) is 5.75 Å². The van der Waals surface area contributed by atoms with E-state index in [0.29, 0.717) is 45.9 Å². The number of anilines is 1. The fourth-order valence-corrected chi connectivity index (χ4v) is 5.64. The van der Waals surface area contributed by atoms with Crippen molar-refractivity contribution >= 4 is 35.1 Å². The van der Waals surface area contributed by atoms with E-state index in [4.69, 9.17) is 4.74 Å². The lowest BCUT2D eigenvalue weighted by Crippen LogP contribution is -2.34. The first-order valence-corrected chi connectivity index (χ1v) is 14.0. The van der Waals surface area contributed by atoms with Crippen LogP contribution in [0.1, 0.15) is 67.3 Å². The van der Waals surface area contributed by atoms with Crippen molar-refractivity contribution in [1.29, 1.82) is 0 Å². The number of carbonyl (C=O) groups is 3. The molecular formula is C34H32N4O4. The summed E-state index contributed by atoms with van der Waals surface area (Å²) in [4.78, 5) is 42.5. The molecule has 4 aromatic rings. The van der Waals surface area contributed by atoms with Gasteiger partial charge < -0.3 is 25.7 Å². The van der Waals surface area contributed by atoms with Gasteiger partial charge in [-0.15, -0.1) is 0 Å². The highest BCUT2D eigenvalue weighted by atomic mass is 16.5. The van der Waals surface area contributed by atoms with Gasteiger partial charge in [0.05, 0.1) is 23.7 Å². The molecule has 212 valence electrons. The Hall–Kier alpha value is -5.11. The predicted molar refractivity (Wildman–Crippen MR) is 162 cm³/mol. The normalized spacial score (nSPS) is 16.8. The van der Waals surface area contributed by atoms with E-state index in [-0.39, 0.29) is 29.9 Å². The van der Waals surface area contributed by atoms with Crippen LogP contribution in [-0.4, -0.2) is 35.4 Å². The highest BCUT2D eigenvalue weighted by Gasteiger charge is 2.28. The zero-order chi connectivity index (χ0) is 29.4. The van der Waals surface area contributed by atoms with Gasteiger partial charge in [-0.3, -0.25) is 14.4 Å². The third-order valence-corrected chi connectivity index (χ3v) is 7.91. The summed E-state index contributed by atoms with van der Waals surface area (Å²) in [6, 6.07) is 22.6. The average Bonchev–Trinajstić information content (AvgIpc) is 3.64. The molecule has 8 heteroatoms. The van der Waals surface area contributed by atoms with Gasteiger partial charge in [-0.2, -0.15) is 0 Å². The fraction of sp³-hybridized carbons (Fsp3) is 0.206. The van der Waals surface area contributed by atoms with Gasteiger partial charge in [0.2, 0.25) is 0 Å². The van der Waals surface area contributed by atoms with Gasteiger partial charge in [-0.25, -0.2) is 0 Å². The molecule has 3 aromatic carbocycles. The topological polar surface area (TPSA) is 112 Å². The summed E-state index contributed by atoms with van der Waals surface area (Å²) in [5.41, 5.74) is 6.93. The maximum atomic E-state index is 13.2. The van der Waals surface area contributed by atoms with E-state index < -0.39 is 0 Å². The van der Waals surface area contributed by atoms with Crippen molar-refractivity contribution in [2.75, 3.05) is 11.9 Å². The molecule has 0 saturated heterocycles. The minimum atomic E-state index is -0.268. The summed E-state index contributed by atoms with van der Waals surface area (Å²) >= 11 is 0. The minimum absolute atomic E-state index is 0.117. The van der Waals surface area contributed by atoms with Gasteiger partial charge in [-0.1, -0.05) is 48.5 Å². The molecule has 3 amide bonds. The van der Waals surface area contributed by atoms with Crippen LogP contribution < -0.4 is 20.7 Å². The third kappa shape index (κ3) is 5.19. The Kier molecular flexibility index (Phi) is 7.12. The highest BCUT2D eigenvalue weighted by Crippen LogP contribution is 2.35. The summed E-state index contributed by atoms with van der Waals surface area (Å²) in [7, 11) is 0. The lowest BCUT2D eigenvalue weighted by atomic mass is 10.0. The van der Waals surface area contributed by atoms with Gasteiger partial charge in [0.1, 0.15) is 11.9 Å². The molecule has 8 nitrogen and oxygen atoms in total. The molecule has 1 aromatic heterocycles. The monoisotopic (exact) mass is 560 g/mol. The number of carbonyl (C=O) groups excluding carboxylic acids is 3. The van der Waals surface area contributed by atoms with Gasteiger partial charge in [-0.05, 0) is 67.8 Å². The minimum Gasteiger partial charge on any atom is -0.488 e. The zero-order valence-corrected chi connectivity index (χ0v) is 23.7. The van der Waals surface area contributed by atoms with E-state index in [9.17, 15) is 14.4 Å². The lowest BCUT2D eigenvalue weighted by molar-refractivity contribution is -0.110. The maximum Gasteiger partial charge on any atom is 0.256 e. The number of para-hydroxylation sites is 1. The number of aromatic nitrogens is 1. The predicted octanol–water partition coefficient (Wildman–Crippen LogP) is 5.35. The molecule has 2 aliphatic heterocycles. The first kappa shape index (κ1) is 27.1. The summed E-state index contributed by atoms with van der Waals surface area (Å²) in [6.07, 6.45) is 2.37. The van der Waals surface area contributed by atoms with E-state index in [1.54, 1.807) is 24.3 Å². The Morgan fingerprint density at radius 1 is 1.02 bits per heavy atom. The zero-order valence-electron chi connectivity index (χ0n) is 23.7. The standard InChI is InChI=1S/C34H32N4O4/c1-19-29(36-21(3)31(19)34(41)35-18-25-15-23-11-7-8-12-30(23)42-25)17-27-26-16-24(13-14-28(26)38-33(27)40)32(39)37-20(2)22-9-5-4-6-10-22/h4-14,16-17,20,25,36H,15,18H2,1-3H3,(H,35,41)(H,37,39)(H,38,40)/b27-17-. The molecule has 0 saturated carbocycles. The van der Waals surface area contributed by atoms with Crippen LogP contribution in [0.2, 0.25) is 0 Å². The Labute approximate surface area is 244 Å². The first-order chi connectivity index (χ1) is 20.3. The van der Waals surface area contributed by atoms with Crippen molar-refractivity contribution in [2.45, 2.75) is 39.3 Å². The molecular weight excluding hydrogens is 528 g/mol. The van der Waals surface area contributed by atoms with E-state index in [1.807, 2.05) is 75.4 Å². The molecule has 6 rings (SSSR count). The van der Waals surface area contributed by atoms with Crippen LogP contribution in [0.15, 0.2) is 72.8 Å². The fourth-order valence-electron chi connectivity index (χ4n) is 5.64. The Balaban J connectivity index is 1.19. The molecule has 42 heavy (non-hydrogen) atoms. The summed E-state index contributed by atoms with van der Waals surface area (Å²) in [5.74, 6) is 0.165. The SMILES string of the molecule is Cc1[nH]c(/C=C2\C(=O)Nc3ccc(C(=O)NC(C)c4ccccc4)cc32)c(C)c1C(=O)NCC1Cc2ccccc2O1.